The van der Waals surface area contributed by atoms with Crippen LogP contribution in [0.15, 0.2) is 48.5 Å². The van der Waals surface area contributed by atoms with Gasteiger partial charge in [0.05, 0.1) is 5.41 Å². The fourth-order valence-electron chi connectivity index (χ4n) is 3.00. The Kier molecular flexibility index (Phi) is 5.05. The van der Waals surface area contributed by atoms with Gasteiger partial charge in [-0.2, -0.15) is 0 Å². The van der Waals surface area contributed by atoms with E-state index in [0.29, 0.717) is 11.3 Å². The Labute approximate surface area is 164 Å². The SMILES string of the molecule is CN(C)C(=O)c1ccc(/C=C/C(=O)Nc2ccc3c(c2)C(C)(C)C(=O)N3)cc1. The van der Waals surface area contributed by atoms with Gasteiger partial charge in [-0.25, -0.2) is 0 Å². The van der Waals surface area contributed by atoms with Gasteiger partial charge in [0.25, 0.3) is 5.91 Å². The average Bonchev–Trinajstić information content (AvgIpc) is 2.89. The molecule has 0 bridgehead atoms. The van der Waals surface area contributed by atoms with E-state index >= 15 is 0 Å². The van der Waals surface area contributed by atoms with Crippen LogP contribution in [-0.2, 0) is 15.0 Å². The number of fused-ring (bicyclic) bond motifs is 1. The molecule has 0 aromatic heterocycles. The molecule has 28 heavy (non-hydrogen) atoms. The minimum absolute atomic E-state index is 0.0536. The number of amides is 3. The van der Waals surface area contributed by atoms with Gasteiger partial charge in [-0.05, 0) is 61.4 Å². The maximum atomic E-state index is 12.2. The molecule has 0 fully saturated rings. The smallest absolute Gasteiger partial charge is 0.253 e. The van der Waals surface area contributed by atoms with Crippen molar-refractivity contribution in [1.29, 1.82) is 0 Å². The lowest BCUT2D eigenvalue weighted by Crippen LogP contribution is -2.26. The van der Waals surface area contributed by atoms with Crippen LogP contribution in [0.25, 0.3) is 6.08 Å². The monoisotopic (exact) mass is 377 g/mol. The molecule has 2 aromatic carbocycles. The second-order valence-electron chi connectivity index (χ2n) is 7.48. The quantitative estimate of drug-likeness (QED) is 0.803. The molecular weight excluding hydrogens is 354 g/mol. The van der Waals surface area contributed by atoms with Crippen LogP contribution in [0, 0.1) is 0 Å². The number of anilines is 2. The first-order valence-corrected chi connectivity index (χ1v) is 8.95. The summed E-state index contributed by atoms with van der Waals surface area (Å²) in [7, 11) is 3.40. The standard InChI is InChI=1S/C22H23N3O3/c1-22(2)17-13-16(10-11-18(17)24-21(22)28)23-19(26)12-7-14-5-8-15(9-6-14)20(27)25(3)4/h5-13H,1-4H3,(H,23,26)(H,24,28)/b12-7+. The van der Waals surface area contributed by atoms with E-state index in [-0.39, 0.29) is 17.7 Å². The summed E-state index contributed by atoms with van der Waals surface area (Å²) in [4.78, 5) is 37.7. The lowest BCUT2D eigenvalue weighted by Gasteiger charge is -2.15. The first-order valence-electron chi connectivity index (χ1n) is 8.95. The van der Waals surface area contributed by atoms with E-state index in [1.54, 1.807) is 56.6 Å². The van der Waals surface area contributed by atoms with E-state index in [9.17, 15) is 14.4 Å². The third-order valence-electron chi connectivity index (χ3n) is 4.77. The van der Waals surface area contributed by atoms with E-state index in [1.807, 2.05) is 19.9 Å². The zero-order valence-corrected chi connectivity index (χ0v) is 16.4. The third-order valence-corrected chi connectivity index (χ3v) is 4.77. The minimum atomic E-state index is -0.627. The predicted molar refractivity (Wildman–Crippen MR) is 110 cm³/mol. The Morgan fingerprint density at radius 3 is 2.39 bits per heavy atom. The van der Waals surface area contributed by atoms with Crippen LogP contribution in [-0.4, -0.2) is 36.7 Å². The molecule has 1 aliphatic rings. The molecule has 6 heteroatoms. The van der Waals surface area contributed by atoms with Gasteiger partial charge in [0, 0.05) is 37.1 Å². The van der Waals surface area contributed by atoms with Gasteiger partial charge in [0.1, 0.15) is 0 Å². The fraction of sp³-hybridized carbons (Fsp3) is 0.227. The highest BCUT2D eigenvalue weighted by Gasteiger charge is 2.38. The topological polar surface area (TPSA) is 78.5 Å². The zero-order chi connectivity index (χ0) is 20.5. The summed E-state index contributed by atoms with van der Waals surface area (Å²) in [5.41, 5.74) is 3.05. The highest BCUT2D eigenvalue weighted by atomic mass is 16.2. The van der Waals surface area contributed by atoms with Crippen LogP contribution in [0.5, 0.6) is 0 Å². The Hall–Kier alpha value is -3.41. The average molecular weight is 377 g/mol. The number of nitrogens with zero attached hydrogens (tertiary/aromatic N) is 1. The second kappa shape index (κ2) is 7.31. The summed E-state index contributed by atoms with van der Waals surface area (Å²) in [6.45, 7) is 3.70. The number of hydrogen-bond acceptors (Lipinski definition) is 3. The lowest BCUT2D eigenvalue weighted by molar-refractivity contribution is -0.119. The van der Waals surface area contributed by atoms with E-state index in [4.69, 9.17) is 0 Å². The van der Waals surface area contributed by atoms with Crippen LogP contribution >= 0.6 is 0 Å². The van der Waals surface area contributed by atoms with Crippen LogP contribution in [0.3, 0.4) is 0 Å². The normalized spacial score (nSPS) is 14.5. The highest BCUT2D eigenvalue weighted by Crippen LogP contribution is 2.38. The lowest BCUT2D eigenvalue weighted by atomic mass is 9.86. The van der Waals surface area contributed by atoms with Gasteiger partial charge >= 0.3 is 0 Å². The first-order chi connectivity index (χ1) is 13.2. The molecule has 0 unspecified atom stereocenters. The number of rotatable bonds is 4. The maximum Gasteiger partial charge on any atom is 0.253 e. The van der Waals surface area contributed by atoms with Crippen molar-refractivity contribution in [2.45, 2.75) is 19.3 Å². The molecule has 6 nitrogen and oxygen atoms in total. The summed E-state index contributed by atoms with van der Waals surface area (Å²) >= 11 is 0. The molecule has 2 aromatic rings. The van der Waals surface area contributed by atoms with Crippen molar-refractivity contribution in [2.24, 2.45) is 0 Å². The Morgan fingerprint density at radius 1 is 1.07 bits per heavy atom. The second-order valence-corrected chi connectivity index (χ2v) is 7.48. The minimum Gasteiger partial charge on any atom is -0.345 e. The van der Waals surface area contributed by atoms with Crippen molar-refractivity contribution in [1.82, 2.24) is 4.90 Å². The van der Waals surface area contributed by atoms with Crippen molar-refractivity contribution in [3.8, 4) is 0 Å². The Bertz CT molecular complexity index is 973. The molecule has 0 radical (unpaired) electrons. The van der Waals surface area contributed by atoms with Crippen molar-refractivity contribution in [2.75, 3.05) is 24.7 Å². The molecule has 3 amide bonds. The van der Waals surface area contributed by atoms with E-state index < -0.39 is 5.41 Å². The van der Waals surface area contributed by atoms with Gasteiger partial charge in [-0.15, -0.1) is 0 Å². The number of nitrogens with one attached hydrogen (secondary N) is 2. The molecule has 1 heterocycles. The molecule has 3 rings (SSSR count). The van der Waals surface area contributed by atoms with Crippen molar-refractivity contribution in [3.63, 3.8) is 0 Å². The van der Waals surface area contributed by atoms with E-state index in [1.165, 1.54) is 11.0 Å². The molecule has 1 aliphatic heterocycles. The zero-order valence-electron chi connectivity index (χ0n) is 16.4. The molecule has 0 atom stereocenters. The molecule has 0 aliphatic carbocycles. The Morgan fingerprint density at radius 2 is 1.75 bits per heavy atom. The van der Waals surface area contributed by atoms with Gasteiger partial charge in [0.2, 0.25) is 11.8 Å². The fourth-order valence-corrected chi connectivity index (χ4v) is 3.00. The first kappa shape index (κ1) is 19.4. The van der Waals surface area contributed by atoms with Crippen LogP contribution in [0.4, 0.5) is 11.4 Å². The molecule has 0 saturated carbocycles. The predicted octanol–water partition coefficient (Wildman–Crippen LogP) is 3.27. The maximum absolute atomic E-state index is 12.2. The summed E-state index contributed by atoms with van der Waals surface area (Å²) in [5.74, 6) is -0.397. The van der Waals surface area contributed by atoms with Gasteiger partial charge in [-0.1, -0.05) is 12.1 Å². The van der Waals surface area contributed by atoms with Crippen LogP contribution in [0.2, 0.25) is 0 Å². The summed E-state index contributed by atoms with van der Waals surface area (Å²) in [6, 6.07) is 12.4. The summed E-state index contributed by atoms with van der Waals surface area (Å²) < 4.78 is 0. The summed E-state index contributed by atoms with van der Waals surface area (Å²) in [6.07, 6.45) is 3.12. The number of carbonyl (C=O) groups excluding carboxylic acids is 3. The number of carbonyl (C=O) groups is 3. The van der Waals surface area contributed by atoms with Gasteiger partial charge in [-0.3, -0.25) is 14.4 Å². The summed E-state index contributed by atoms with van der Waals surface area (Å²) in [5, 5.41) is 5.66. The van der Waals surface area contributed by atoms with Gasteiger partial charge in [0.15, 0.2) is 0 Å². The molecular formula is C22H23N3O3. The molecule has 0 saturated heterocycles. The number of hydrogen-bond donors (Lipinski definition) is 2. The van der Waals surface area contributed by atoms with E-state index in [0.717, 1.165) is 16.8 Å². The van der Waals surface area contributed by atoms with Crippen molar-refractivity contribution in [3.05, 3.63) is 65.2 Å². The van der Waals surface area contributed by atoms with Crippen molar-refractivity contribution >= 4 is 35.2 Å². The Balaban J connectivity index is 1.67. The third kappa shape index (κ3) is 3.81. The highest BCUT2D eigenvalue weighted by molar-refractivity contribution is 6.07. The van der Waals surface area contributed by atoms with E-state index in [2.05, 4.69) is 10.6 Å². The van der Waals surface area contributed by atoms with Gasteiger partial charge < -0.3 is 15.5 Å². The molecule has 144 valence electrons. The van der Waals surface area contributed by atoms with Crippen LogP contribution < -0.4 is 10.6 Å². The largest absolute Gasteiger partial charge is 0.345 e. The molecule has 2 N–H and O–H groups in total. The van der Waals surface area contributed by atoms with Crippen molar-refractivity contribution < 1.29 is 14.4 Å². The number of benzene rings is 2. The van der Waals surface area contributed by atoms with Crippen LogP contribution in [0.1, 0.15) is 35.3 Å². The molecule has 0 spiro atoms.